The van der Waals surface area contributed by atoms with Gasteiger partial charge in [-0.3, -0.25) is 14.4 Å². The van der Waals surface area contributed by atoms with Crippen molar-refractivity contribution in [3.63, 3.8) is 0 Å². The first-order chi connectivity index (χ1) is 14.7. The number of hydrogen-bond acceptors (Lipinski definition) is 6. The van der Waals surface area contributed by atoms with Crippen molar-refractivity contribution >= 4 is 17.5 Å². The van der Waals surface area contributed by atoms with Crippen LogP contribution < -0.4 is 17.2 Å². The molecule has 166 valence electrons. The zero-order valence-electron chi connectivity index (χ0n) is 17.7. The van der Waals surface area contributed by atoms with Gasteiger partial charge in [0.1, 0.15) is 11.5 Å². The number of Topliss-reactive ketones (excluding diaryl/α,β-unsaturated/α-hetero) is 2. The number of ketones is 2. The number of rotatable bonds is 12. The minimum atomic E-state index is -2.00. The van der Waals surface area contributed by atoms with Crippen molar-refractivity contribution < 1.29 is 19.5 Å². The molecule has 2 aromatic carbocycles. The Labute approximate surface area is 182 Å². The van der Waals surface area contributed by atoms with Gasteiger partial charge in [0.05, 0.1) is 12.1 Å². The monoisotopic (exact) mass is 425 g/mol. The van der Waals surface area contributed by atoms with Crippen LogP contribution in [0.5, 0.6) is 0 Å². The molecule has 3 atom stereocenters. The molecule has 7 nitrogen and oxygen atoms in total. The van der Waals surface area contributed by atoms with E-state index in [-0.39, 0.29) is 19.3 Å². The molecule has 0 amide bonds. The highest BCUT2D eigenvalue weighted by Gasteiger charge is 2.55. The standard InChI is InChI=1S/C24H31N3O4/c1-2-13-24(20(27)23(30)31,21(28)18(25)14-16-9-5-3-6-10-16)22(29)19(26)15-17-11-7-4-8-12-17/h3-12,18-20H,2,13-15,25-27H2,1H3,(H,30,31)/t18-,19-,20+/m0/s1. The predicted molar refractivity (Wildman–Crippen MR) is 119 cm³/mol. The molecule has 0 aliphatic heterocycles. The Morgan fingerprint density at radius 2 is 1.19 bits per heavy atom. The summed E-state index contributed by atoms with van der Waals surface area (Å²) in [7, 11) is 0. The number of carboxylic acid groups (broad SMARTS) is 1. The zero-order valence-corrected chi connectivity index (χ0v) is 17.7. The summed E-state index contributed by atoms with van der Waals surface area (Å²) >= 11 is 0. The lowest BCUT2D eigenvalue weighted by atomic mass is 9.65. The molecule has 0 saturated carbocycles. The fraction of sp³-hybridized carbons (Fsp3) is 0.375. The van der Waals surface area contributed by atoms with Crippen molar-refractivity contribution in [2.75, 3.05) is 0 Å². The summed E-state index contributed by atoms with van der Waals surface area (Å²) in [4.78, 5) is 39.0. The molecular weight excluding hydrogens is 394 g/mol. The minimum Gasteiger partial charge on any atom is -0.480 e. The lowest BCUT2D eigenvalue weighted by Crippen LogP contribution is -2.64. The van der Waals surface area contributed by atoms with Crippen LogP contribution in [0.25, 0.3) is 0 Å². The van der Waals surface area contributed by atoms with Crippen LogP contribution in [-0.2, 0) is 27.2 Å². The number of carbonyl (C=O) groups excluding carboxylic acids is 2. The van der Waals surface area contributed by atoms with Gasteiger partial charge in [0.15, 0.2) is 11.6 Å². The normalized spacial score (nSPS) is 14.5. The van der Waals surface area contributed by atoms with Crippen molar-refractivity contribution in [1.82, 2.24) is 0 Å². The van der Waals surface area contributed by atoms with Gasteiger partial charge in [-0.05, 0) is 30.4 Å². The molecule has 0 bridgehead atoms. The molecule has 31 heavy (non-hydrogen) atoms. The highest BCUT2D eigenvalue weighted by molar-refractivity contribution is 6.14. The van der Waals surface area contributed by atoms with E-state index in [0.717, 1.165) is 11.1 Å². The largest absolute Gasteiger partial charge is 0.480 e. The van der Waals surface area contributed by atoms with E-state index in [2.05, 4.69) is 0 Å². The highest BCUT2D eigenvalue weighted by atomic mass is 16.4. The molecule has 2 aromatic rings. The van der Waals surface area contributed by atoms with Crippen LogP contribution in [0.4, 0.5) is 0 Å². The van der Waals surface area contributed by atoms with Crippen LogP contribution in [0.2, 0.25) is 0 Å². The lowest BCUT2D eigenvalue weighted by molar-refractivity contribution is -0.155. The second kappa shape index (κ2) is 10.9. The van der Waals surface area contributed by atoms with E-state index in [1.165, 1.54) is 0 Å². The second-order valence-electron chi connectivity index (χ2n) is 7.86. The number of carbonyl (C=O) groups is 3. The highest BCUT2D eigenvalue weighted by Crippen LogP contribution is 2.34. The van der Waals surface area contributed by atoms with Gasteiger partial charge in [-0.2, -0.15) is 0 Å². The number of nitrogens with two attached hydrogens (primary N) is 3. The fourth-order valence-corrected chi connectivity index (χ4v) is 4.02. The fourth-order valence-electron chi connectivity index (χ4n) is 4.02. The first-order valence-corrected chi connectivity index (χ1v) is 10.4. The molecule has 7 heteroatoms. The minimum absolute atomic E-state index is 0.0386. The van der Waals surface area contributed by atoms with Gasteiger partial charge in [-0.1, -0.05) is 74.0 Å². The number of hydrogen-bond donors (Lipinski definition) is 4. The van der Waals surface area contributed by atoms with Crippen LogP contribution in [0.15, 0.2) is 60.7 Å². The summed E-state index contributed by atoms with van der Waals surface area (Å²) in [5.41, 5.74) is 18.0. The smallest absolute Gasteiger partial charge is 0.321 e. The van der Waals surface area contributed by atoms with E-state index < -0.39 is 41.1 Å². The summed E-state index contributed by atoms with van der Waals surface area (Å²) in [5, 5.41) is 9.67. The van der Waals surface area contributed by atoms with E-state index in [1.54, 1.807) is 6.92 Å². The zero-order chi connectivity index (χ0) is 23.0. The first kappa shape index (κ1) is 24.4. The van der Waals surface area contributed by atoms with E-state index >= 15 is 0 Å². The number of carboxylic acids is 1. The van der Waals surface area contributed by atoms with E-state index in [1.807, 2.05) is 60.7 Å². The van der Waals surface area contributed by atoms with Gasteiger partial charge < -0.3 is 22.3 Å². The summed E-state index contributed by atoms with van der Waals surface area (Å²) in [6, 6.07) is 14.3. The average Bonchev–Trinajstić information content (AvgIpc) is 2.77. The first-order valence-electron chi connectivity index (χ1n) is 10.4. The van der Waals surface area contributed by atoms with E-state index in [9.17, 15) is 19.5 Å². The van der Waals surface area contributed by atoms with E-state index in [0.29, 0.717) is 6.42 Å². The van der Waals surface area contributed by atoms with Crippen molar-refractivity contribution in [1.29, 1.82) is 0 Å². The molecule has 0 unspecified atom stereocenters. The Morgan fingerprint density at radius 3 is 1.52 bits per heavy atom. The summed E-state index contributed by atoms with van der Waals surface area (Å²) in [6.07, 6.45) is 0.662. The van der Waals surface area contributed by atoms with Gasteiger partial charge in [-0.25, -0.2) is 0 Å². The quantitative estimate of drug-likeness (QED) is 0.376. The van der Waals surface area contributed by atoms with Crippen LogP contribution in [0, 0.1) is 5.41 Å². The third-order valence-electron chi connectivity index (χ3n) is 5.59. The Balaban J connectivity index is 2.42. The molecular formula is C24H31N3O4. The Kier molecular flexibility index (Phi) is 8.62. The van der Waals surface area contributed by atoms with Crippen LogP contribution in [0.3, 0.4) is 0 Å². The van der Waals surface area contributed by atoms with Gasteiger partial charge in [0.25, 0.3) is 0 Å². The maximum absolute atomic E-state index is 13.6. The van der Waals surface area contributed by atoms with E-state index in [4.69, 9.17) is 17.2 Å². The lowest BCUT2D eigenvalue weighted by Gasteiger charge is -2.37. The van der Waals surface area contributed by atoms with Crippen molar-refractivity contribution in [2.24, 2.45) is 22.6 Å². The van der Waals surface area contributed by atoms with Gasteiger partial charge >= 0.3 is 5.97 Å². The Bertz CT molecular complexity index is 827. The molecule has 0 aliphatic carbocycles. The summed E-state index contributed by atoms with van der Waals surface area (Å²) in [6.45, 7) is 1.76. The second-order valence-corrected chi connectivity index (χ2v) is 7.86. The molecule has 0 heterocycles. The topological polar surface area (TPSA) is 150 Å². The molecule has 0 saturated heterocycles. The third-order valence-corrected chi connectivity index (χ3v) is 5.59. The molecule has 0 spiro atoms. The van der Waals surface area contributed by atoms with Crippen LogP contribution >= 0.6 is 0 Å². The van der Waals surface area contributed by atoms with Crippen molar-refractivity contribution in [3.8, 4) is 0 Å². The molecule has 0 aromatic heterocycles. The SMILES string of the molecule is CCCC(C(=O)[C@@H](N)Cc1ccccc1)(C(=O)[C@@H](N)Cc1ccccc1)[C@H](N)C(=O)O. The summed E-state index contributed by atoms with van der Waals surface area (Å²) < 4.78 is 0. The molecule has 0 fully saturated rings. The van der Waals surface area contributed by atoms with Gasteiger partial charge in [0, 0.05) is 0 Å². The summed E-state index contributed by atoms with van der Waals surface area (Å²) in [5.74, 6) is -2.79. The molecule has 0 aliphatic rings. The predicted octanol–water partition coefficient (Wildman–Crippen LogP) is 1.46. The number of aliphatic carboxylic acids is 1. The van der Waals surface area contributed by atoms with Gasteiger partial charge in [0.2, 0.25) is 0 Å². The molecule has 2 rings (SSSR count). The van der Waals surface area contributed by atoms with Crippen LogP contribution in [0.1, 0.15) is 30.9 Å². The third kappa shape index (κ3) is 5.64. The maximum atomic E-state index is 13.6. The van der Waals surface area contributed by atoms with Crippen molar-refractivity contribution in [3.05, 3.63) is 71.8 Å². The maximum Gasteiger partial charge on any atom is 0.321 e. The Morgan fingerprint density at radius 1 is 0.806 bits per heavy atom. The van der Waals surface area contributed by atoms with Crippen molar-refractivity contribution in [2.45, 2.75) is 50.7 Å². The average molecular weight is 426 g/mol. The number of benzene rings is 2. The van der Waals surface area contributed by atoms with Gasteiger partial charge in [-0.15, -0.1) is 0 Å². The molecule has 7 N–H and O–H groups in total. The Hall–Kier alpha value is -2.87. The van der Waals surface area contributed by atoms with Crippen LogP contribution in [-0.4, -0.2) is 40.8 Å². The molecule has 0 radical (unpaired) electrons.